The third-order valence-corrected chi connectivity index (χ3v) is 3.43. The summed E-state index contributed by atoms with van der Waals surface area (Å²) in [6, 6.07) is 8.48. The second kappa shape index (κ2) is 3.63. The van der Waals surface area contributed by atoms with E-state index in [0.717, 1.165) is 23.5 Å². The third kappa shape index (κ3) is 1.81. The van der Waals surface area contributed by atoms with Gasteiger partial charge in [-0.2, -0.15) is 0 Å². The van der Waals surface area contributed by atoms with Gasteiger partial charge in [0, 0.05) is 22.6 Å². The molecule has 0 atom stereocenters. The van der Waals surface area contributed by atoms with E-state index in [1.807, 2.05) is 0 Å². The molecule has 0 bridgehead atoms. The molecular formula is C12H13BrN2. The number of rotatable bonds is 2. The molecule has 0 N–H and O–H groups in total. The smallest absolute Gasteiger partial charge is 0.107 e. The van der Waals surface area contributed by atoms with Crippen LogP contribution in [0.2, 0.25) is 0 Å². The summed E-state index contributed by atoms with van der Waals surface area (Å²) in [6.45, 7) is 2.00. The topological polar surface area (TPSA) is 15.6 Å². The highest BCUT2D eigenvalue weighted by Crippen LogP contribution is 2.35. The lowest BCUT2D eigenvalue weighted by Gasteiger charge is -2.20. The quantitative estimate of drug-likeness (QED) is 0.802. The number of nitrogens with zero attached hydrogens (tertiary/aromatic N) is 2. The standard InChI is InChI=1S/C12H13BrN2/c13-10-2-1-3-11(8-10)15-7-6-14-12(15)9-4-5-9/h1-3,8-9H,4-7H2. The summed E-state index contributed by atoms with van der Waals surface area (Å²) in [4.78, 5) is 6.98. The van der Waals surface area contributed by atoms with Gasteiger partial charge in [0.1, 0.15) is 5.84 Å². The fraction of sp³-hybridized carbons (Fsp3) is 0.417. The molecule has 0 spiro atoms. The highest BCUT2D eigenvalue weighted by molar-refractivity contribution is 9.10. The molecule has 1 saturated carbocycles. The number of amidine groups is 1. The van der Waals surface area contributed by atoms with Crippen molar-refractivity contribution in [2.45, 2.75) is 12.8 Å². The van der Waals surface area contributed by atoms with Gasteiger partial charge in [0.15, 0.2) is 0 Å². The molecule has 0 aromatic heterocycles. The Balaban J connectivity index is 1.90. The van der Waals surface area contributed by atoms with Gasteiger partial charge in [-0.15, -0.1) is 0 Å². The van der Waals surface area contributed by atoms with Gasteiger partial charge in [-0.25, -0.2) is 0 Å². The summed E-state index contributed by atoms with van der Waals surface area (Å²) < 4.78 is 1.14. The molecule has 0 unspecified atom stereocenters. The summed E-state index contributed by atoms with van der Waals surface area (Å²) in [6.07, 6.45) is 2.65. The van der Waals surface area contributed by atoms with Crippen LogP contribution in [0.15, 0.2) is 33.7 Å². The van der Waals surface area contributed by atoms with Gasteiger partial charge in [-0.05, 0) is 31.0 Å². The molecule has 3 heteroatoms. The molecule has 1 heterocycles. The molecule has 1 aromatic rings. The van der Waals surface area contributed by atoms with Crippen molar-refractivity contribution < 1.29 is 0 Å². The van der Waals surface area contributed by atoms with Crippen molar-refractivity contribution in [1.29, 1.82) is 0 Å². The summed E-state index contributed by atoms with van der Waals surface area (Å²) in [5, 5.41) is 0. The van der Waals surface area contributed by atoms with Crippen LogP contribution in [0.25, 0.3) is 0 Å². The van der Waals surface area contributed by atoms with Gasteiger partial charge in [-0.1, -0.05) is 22.0 Å². The van der Waals surface area contributed by atoms with Crippen LogP contribution in [0.3, 0.4) is 0 Å². The predicted molar refractivity (Wildman–Crippen MR) is 66.5 cm³/mol. The Bertz CT molecular complexity index is 410. The summed E-state index contributed by atoms with van der Waals surface area (Å²) >= 11 is 3.52. The van der Waals surface area contributed by atoms with Crippen molar-refractivity contribution in [3.05, 3.63) is 28.7 Å². The average Bonchev–Trinajstić information content (AvgIpc) is 2.96. The molecule has 1 aliphatic heterocycles. The molecule has 0 radical (unpaired) electrons. The van der Waals surface area contributed by atoms with E-state index in [9.17, 15) is 0 Å². The predicted octanol–water partition coefficient (Wildman–Crippen LogP) is 3.08. The van der Waals surface area contributed by atoms with Crippen LogP contribution < -0.4 is 4.90 Å². The minimum atomic E-state index is 0.742. The van der Waals surface area contributed by atoms with Gasteiger partial charge >= 0.3 is 0 Å². The molecule has 1 fully saturated rings. The number of anilines is 1. The molecular weight excluding hydrogens is 252 g/mol. The number of hydrogen-bond acceptors (Lipinski definition) is 2. The maximum absolute atomic E-state index is 4.61. The van der Waals surface area contributed by atoms with Crippen molar-refractivity contribution in [1.82, 2.24) is 0 Å². The zero-order chi connectivity index (χ0) is 10.3. The van der Waals surface area contributed by atoms with Crippen molar-refractivity contribution in [3.63, 3.8) is 0 Å². The minimum Gasteiger partial charge on any atom is -0.328 e. The molecule has 3 rings (SSSR count). The van der Waals surface area contributed by atoms with E-state index in [1.165, 1.54) is 24.4 Å². The van der Waals surface area contributed by atoms with E-state index < -0.39 is 0 Å². The number of benzene rings is 1. The van der Waals surface area contributed by atoms with Gasteiger partial charge in [0.25, 0.3) is 0 Å². The maximum Gasteiger partial charge on any atom is 0.107 e. The first-order valence-electron chi connectivity index (χ1n) is 5.42. The highest BCUT2D eigenvalue weighted by atomic mass is 79.9. The monoisotopic (exact) mass is 264 g/mol. The number of hydrogen-bond donors (Lipinski definition) is 0. The van der Waals surface area contributed by atoms with Crippen LogP contribution in [0.1, 0.15) is 12.8 Å². The summed E-state index contributed by atoms with van der Waals surface area (Å²) in [5.74, 6) is 2.06. The van der Waals surface area contributed by atoms with Gasteiger partial charge < -0.3 is 4.90 Å². The molecule has 1 aromatic carbocycles. The van der Waals surface area contributed by atoms with Crippen molar-refractivity contribution in [2.24, 2.45) is 10.9 Å². The minimum absolute atomic E-state index is 0.742. The maximum atomic E-state index is 4.61. The Morgan fingerprint density at radius 1 is 1.33 bits per heavy atom. The van der Waals surface area contributed by atoms with Crippen LogP contribution in [-0.4, -0.2) is 18.9 Å². The first-order valence-corrected chi connectivity index (χ1v) is 6.21. The van der Waals surface area contributed by atoms with E-state index in [4.69, 9.17) is 0 Å². The Labute approximate surface area is 98.1 Å². The van der Waals surface area contributed by atoms with Crippen molar-refractivity contribution in [3.8, 4) is 0 Å². The van der Waals surface area contributed by atoms with Gasteiger partial charge in [0.05, 0.1) is 6.54 Å². The molecule has 2 aliphatic rings. The van der Waals surface area contributed by atoms with E-state index >= 15 is 0 Å². The first kappa shape index (κ1) is 9.40. The SMILES string of the molecule is Brc1cccc(N2CCN=C2C2CC2)c1. The van der Waals surface area contributed by atoms with Crippen molar-refractivity contribution in [2.75, 3.05) is 18.0 Å². The fourth-order valence-electron chi connectivity index (χ4n) is 2.06. The van der Waals surface area contributed by atoms with E-state index in [1.54, 1.807) is 0 Å². The second-order valence-electron chi connectivity index (χ2n) is 4.15. The number of aliphatic imine (C=N–C) groups is 1. The second-order valence-corrected chi connectivity index (χ2v) is 5.06. The normalized spacial score (nSPS) is 20.6. The van der Waals surface area contributed by atoms with Crippen molar-refractivity contribution >= 4 is 27.5 Å². The highest BCUT2D eigenvalue weighted by Gasteiger charge is 2.33. The first-order chi connectivity index (χ1) is 7.34. The lowest BCUT2D eigenvalue weighted by molar-refractivity contribution is 1.01. The number of halogens is 1. The van der Waals surface area contributed by atoms with Crippen LogP contribution in [-0.2, 0) is 0 Å². The molecule has 78 valence electrons. The summed E-state index contributed by atoms with van der Waals surface area (Å²) in [7, 11) is 0. The average molecular weight is 265 g/mol. The zero-order valence-corrected chi connectivity index (χ0v) is 10.1. The van der Waals surface area contributed by atoms with E-state index in [0.29, 0.717) is 0 Å². The molecule has 0 saturated heterocycles. The Morgan fingerprint density at radius 3 is 2.93 bits per heavy atom. The molecule has 0 amide bonds. The van der Waals surface area contributed by atoms with Gasteiger partial charge in [0.2, 0.25) is 0 Å². The Kier molecular flexibility index (Phi) is 2.28. The zero-order valence-electron chi connectivity index (χ0n) is 8.49. The summed E-state index contributed by atoms with van der Waals surface area (Å²) in [5.41, 5.74) is 1.27. The van der Waals surface area contributed by atoms with Gasteiger partial charge in [-0.3, -0.25) is 4.99 Å². The largest absolute Gasteiger partial charge is 0.328 e. The molecule has 1 aliphatic carbocycles. The third-order valence-electron chi connectivity index (χ3n) is 2.94. The Hall–Kier alpha value is -0.830. The Morgan fingerprint density at radius 2 is 2.20 bits per heavy atom. The molecule has 15 heavy (non-hydrogen) atoms. The lowest BCUT2D eigenvalue weighted by Crippen LogP contribution is -2.28. The fourth-order valence-corrected chi connectivity index (χ4v) is 2.45. The van der Waals surface area contributed by atoms with E-state index in [-0.39, 0.29) is 0 Å². The van der Waals surface area contributed by atoms with E-state index in [2.05, 4.69) is 50.1 Å². The molecule has 2 nitrogen and oxygen atoms in total. The van der Waals surface area contributed by atoms with Crippen LogP contribution in [0.5, 0.6) is 0 Å². The van der Waals surface area contributed by atoms with Crippen LogP contribution >= 0.6 is 15.9 Å². The van der Waals surface area contributed by atoms with Crippen LogP contribution in [0.4, 0.5) is 5.69 Å². The van der Waals surface area contributed by atoms with Crippen LogP contribution in [0, 0.1) is 5.92 Å². The lowest BCUT2D eigenvalue weighted by atomic mass is 10.2.